The molecule has 33 atom stereocenters. The van der Waals surface area contributed by atoms with Crippen molar-refractivity contribution in [1.29, 1.82) is 0 Å². The standard InChI is InChI=1S/3C20H22O11S.Y/c3*21-13(28-14-6-1-8-10(3-6)18(22)30-16(8)14)5-12(32(25,26)27)20(24)29-15-7-2-9-11(4-7)19(23)31-17(9)15;/h3*6-12,14-17H,1-5H2,(H,25,26,27);/q;;;+3. The van der Waals surface area contributed by atoms with E-state index in [0.717, 1.165) is 0 Å². The molecule has 3 N–H and O–H groups in total. The summed E-state index contributed by atoms with van der Waals surface area (Å²) in [6, 6.07) is 0. The first-order valence-electron chi connectivity index (χ1n) is 32.7. The first-order chi connectivity index (χ1) is 45.3. The predicted octanol–water partition coefficient (Wildman–Crippen LogP) is -1.14. The first-order valence-corrected chi connectivity index (χ1v) is 37.2. The Morgan fingerprint density at radius 2 is 0.474 bits per heavy atom. The van der Waals surface area contributed by atoms with Crippen LogP contribution in [0.2, 0.25) is 0 Å². The molecule has 12 saturated carbocycles. The molecule has 0 amide bonds. The summed E-state index contributed by atoms with van der Waals surface area (Å²) in [4.78, 5) is 147. The van der Waals surface area contributed by atoms with Crippen LogP contribution in [0.25, 0.3) is 0 Å². The minimum absolute atomic E-state index is 0. The van der Waals surface area contributed by atoms with Gasteiger partial charge in [0, 0.05) is 71.0 Å². The van der Waals surface area contributed by atoms with E-state index in [9.17, 15) is 96.4 Å². The molecule has 0 radical (unpaired) electrons. The van der Waals surface area contributed by atoms with Crippen molar-refractivity contribution >= 4 is 102 Å². The third-order valence-corrected chi connectivity index (χ3v) is 28.2. The summed E-state index contributed by atoms with van der Waals surface area (Å²) in [5.41, 5.74) is 0. The summed E-state index contributed by atoms with van der Waals surface area (Å²) in [5.74, 6) is -10.7. The van der Waals surface area contributed by atoms with Gasteiger partial charge in [0.25, 0.3) is 30.4 Å². The van der Waals surface area contributed by atoms with Crippen molar-refractivity contribution in [3.8, 4) is 0 Å². The molecule has 6 saturated heterocycles. The van der Waals surface area contributed by atoms with E-state index in [1.165, 1.54) is 0 Å². The Hall–Kier alpha value is -5.53. The van der Waals surface area contributed by atoms with Crippen LogP contribution >= 0.6 is 0 Å². The van der Waals surface area contributed by atoms with E-state index in [2.05, 4.69) is 0 Å². The molecule has 33 unspecified atom stereocenters. The topological polar surface area (TPSA) is 479 Å². The molecule has 18 fully saturated rings. The average Bonchev–Trinajstić information content (AvgIpc) is 1.61. The van der Waals surface area contributed by atoms with E-state index >= 15 is 0 Å². The van der Waals surface area contributed by atoms with Crippen LogP contribution in [0.15, 0.2) is 0 Å². The molecule has 0 aromatic rings. The molecule has 12 bridgehead atoms. The number of carbonyl (C=O) groups excluding carboxylic acids is 12. The van der Waals surface area contributed by atoms with Crippen molar-refractivity contribution in [3.05, 3.63) is 0 Å². The van der Waals surface area contributed by atoms with Gasteiger partial charge >= 0.3 is 104 Å². The van der Waals surface area contributed by atoms with Gasteiger partial charge in [0.2, 0.25) is 0 Å². The Kier molecular flexibility index (Phi) is 16.5. The smallest absolute Gasteiger partial charge is 0.458 e. The molecule has 0 spiro atoms. The van der Waals surface area contributed by atoms with Crippen LogP contribution in [0.5, 0.6) is 0 Å². The Morgan fingerprint density at radius 3 is 0.639 bits per heavy atom. The van der Waals surface area contributed by atoms with Gasteiger partial charge in [-0.2, -0.15) is 25.3 Å². The second-order valence-corrected chi connectivity index (χ2v) is 34.4. The summed E-state index contributed by atoms with van der Waals surface area (Å²) in [6.45, 7) is 0. The third kappa shape index (κ3) is 11.1. The molecule has 12 aliphatic carbocycles. The molecule has 6 aliphatic heterocycles. The summed E-state index contributed by atoms with van der Waals surface area (Å²) >= 11 is 0. The molecular formula is C60H66O33S3Y+3. The Morgan fingerprint density at radius 1 is 0.309 bits per heavy atom. The fraction of sp³-hybridized carbons (Fsp3) is 0.800. The summed E-state index contributed by atoms with van der Waals surface area (Å²) < 4.78 is 164. The van der Waals surface area contributed by atoms with E-state index in [-0.39, 0.29) is 175 Å². The zero-order valence-corrected chi connectivity index (χ0v) is 56.3. The fourth-order valence-electron chi connectivity index (χ4n) is 21.0. The van der Waals surface area contributed by atoms with Gasteiger partial charge < -0.3 is 56.8 Å². The number of carbonyl (C=O) groups is 12. The van der Waals surface area contributed by atoms with Crippen LogP contribution in [0, 0.1) is 107 Å². The Labute approximate surface area is 576 Å². The van der Waals surface area contributed by atoms with Gasteiger partial charge in [-0.3, -0.25) is 71.2 Å². The van der Waals surface area contributed by atoms with Crippen molar-refractivity contribution in [1.82, 2.24) is 0 Å². The number of ether oxygens (including phenoxy) is 12. The van der Waals surface area contributed by atoms with Crippen LogP contribution < -0.4 is 0 Å². The third-order valence-electron chi connectivity index (χ3n) is 25.0. The van der Waals surface area contributed by atoms with Crippen molar-refractivity contribution in [2.75, 3.05) is 0 Å². The molecule has 18 aliphatic rings. The minimum atomic E-state index is -4.97. The van der Waals surface area contributed by atoms with Crippen LogP contribution in [-0.2, 0) is 177 Å². The second kappa shape index (κ2) is 23.8. The first kappa shape index (κ1) is 67.3. The average molecular weight is 1500 g/mol. The van der Waals surface area contributed by atoms with Crippen LogP contribution in [0.3, 0.4) is 0 Å². The number of esters is 12. The number of hydrogen-bond donors (Lipinski definition) is 3. The molecule has 0 aromatic heterocycles. The van der Waals surface area contributed by atoms with Crippen LogP contribution in [-0.4, -0.2) is 200 Å². The van der Waals surface area contributed by atoms with Crippen molar-refractivity contribution in [2.45, 2.75) is 185 Å². The zero-order valence-electron chi connectivity index (χ0n) is 51.1. The number of hydrogen-bond acceptors (Lipinski definition) is 30. The van der Waals surface area contributed by atoms with Crippen LogP contribution in [0.1, 0.15) is 96.3 Å². The van der Waals surface area contributed by atoms with Crippen molar-refractivity contribution in [2.24, 2.45) is 107 Å². The van der Waals surface area contributed by atoms with Gasteiger partial charge in [-0.1, -0.05) is 0 Å². The summed E-state index contributed by atoms with van der Waals surface area (Å²) in [5, 5.41) is -6.46. The zero-order chi connectivity index (χ0) is 67.6. The quantitative estimate of drug-likeness (QED) is 0.0829. The SMILES string of the molecule is O=C(CC(C(=O)OC1C2CC3C(=O)OC1C3C2)S(=O)(=O)O)OC1C2CC3C(=O)OC1C3C2.O=C(CC(C(=O)OC1C2CC3C(=O)OC1C3C2)S(=O)(=O)O)OC1C2CC3C(=O)OC1C3C2.O=C(CC(C(=O)OC1C2CC3C(=O)OC1C3C2)S(=O)(=O)O)OC1C2CC3C(=O)OC1C3C2.[Y+3]. The van der Waals surface area contributed by atoms with E-state index in [4.69, 9.17) is 56.8 Å². The molecular weight excluding hydrogens is 1430 g/mol. The molecule has 97 heavy (non-hydrogen) atoms. The Bertz CT molecular complexity index is 3450. The molecule has 33 nitrogen and oxygen atoms in total. The largest absolute Gasteiger partial charge is 3.00 e. The minimum Gasteiger partial charge on any atom is -0.458 e. The molecule has 0 aromatic carbocycles. The van der Waals surface area contributed by atoms with E-state index in [1.807, 2.05) is 0 Å². The predicted molar refractivity (Wildman–Crippen MR) is 297 cm³/mol. The fourth-order valence-corrected chi connectivity index (χ4v) is 22.9. The van der Waals surface area contributed by atoms with Crippen molar-refractivity contribution in [3.63, 3.8) is 0 Å². The van der Waals surface area contributed by atoms with Gasteiger partial charge in [-0.05, 0) is 77.0 Å². The normalized spacial score (nSPS) is 45.2. The second-order valence-electron chi connectivity index (χ2n) is 29.6. The van der Waals surface area contributed by atoms with E-state index in [1.54, 1.807) is 0 Å². The molecule has 6 heterocycles. The van der Waals surface area contributed by atoms with Gasteiger partial charge in [0.1, 0.15) is 73.2 Å². The van der Waals surface area contributed by atoms with E-state index < -0.39 is 174 Å². The maximum Gasteiger partial charge on any atom is 3.00 e. The van der Waals surface area contributed by atoms with Gasteiger partial charge in [-0.15, -0.1) is 0 Å². The maximum atomic E-state index is 12.7. The number of rotatable bonds is 18. The molecule has 522 valence electrons. The summed E-state index contributed by atoms with van der Waals surface area (Å²) in [7, 11) is -14.9. The van der Waals surface area contributed by atoms with Crippen LogP contribution in [0.4, 0.5) is 0 Å². The monoisotopic (exact) mass is 1500 g/mol. The van der Waals surface area contributed by atoms with Gasteiger partial charge in [0.05, 0.1) is 54.8 Å². The summed E-state index contributed by atoms with van der Waals surface area (Å²) in [6.07, 6.45) is -3.60. The van der Waals surface area contributed by atoms with Gasteiger partial charge in [0.15, 0.2) is 15.7 Å². The van der Waals surface area contributed by atoms with E-state index in [0.29, 0.717) is 77.0 Å². The molecule has 37 heteroatoms. The maximum absolute atomic E-state index is 12.7. The van der Waals surface area contributed by atoms with Gasteiger partial charge in [-0.25, -0.2) is 0 Å². The van der Waals surface area contributed by atoms with Crippen molar-refractivity contribution < 1.29 is 186 Å². The molecule has 18 rings (SSSR count). The Balaban J connectivity index is 0.000000118. The number of fused-ring (bicyclic) bond motifs is 6.